The molecule has 0 radical (unpaired) electrons. The van der Waals surface area contributed by atoms with Crippen molar-refractivity contribution in [1.29, 1.82) is 0 Å². The Kier molecular flexibility index (Phi) is 2.88. The predicted molar refractivity (Wildman–Crippen MR) is 62.0 cm³/mol. The summed E-state index contributed by atoms with van der Waals surface area (Å²) >= 11 is 0. The maximum absolute atomic E-state index is 11.9. The van der Waals surface area contributed by atoms with Crippen LogP contribution in [0.1, 0.15) is 12.6 Å². The van der Waals surface area contributed by atoms with Gasteiger partial charge in [-0.3, -0.25) is 14.5 Å². The molecule has 2 N–H and O–H groups in total. The van der Waals surface area contributed by atoms with Crippen LogP contribution in [0, 0.1) is 0 Å². The van der Waals surface area contributed by atoms with E-state index in [0.717, 1.165) is 0 Å². The highest BCUT2D eigenvalue weighted by Crippen LogP contribution is 2.18. The summed E-state index contributed by atoms with van der Waals surface area (Å²) in [5.74, 6) is 0. The quantitative estimate of drug-likeness (QED) is 0.832. The molecule has 0 aliphatic rings. The van der Waals surface area contributed by atoms with Crippen LogP contribution >= 0.6 is 0 Å². The predicted octanol–water partition coefficient (Wildman–Crippen LogP) is 0.506. The fraction of sp³-hybridized carbons (Fsp3) is 0.333. The number of aromatic amines is 1. The molecule has 0 amide bonds. The van der Waals surface area contributed by atoms with Crippen molar-refractivity contribution in [2.24, 2.45) is 7.05 Å². The largest absolute Gasteiger partial charge is 0.284 e. The second kappa shape index (κ2) is 4.21. The highest BCUT2D eigenvalue weighted by atomic mass is 32.2. The lowest BCUT2D eigenvalue weighted by Crippen LogP contribution is -2.12. The Morgan fingerprint density at radius 1 is 1.53 bits per heavy atom. The third kappa shape index (κ3) is 2.31. The van der Waals surface area contributed by atoms with Gasteiger partial charge in [0.05, 0.1) is 17.6 Å². The Balaban J connectivity index is 2.32. The molecular weight excluding hydrogens is 242 g/mol. The standard InChI is InChI=1S/C9H13N5O2S/c1-3-8-9(6-14(2)12-8)13-17(15,16)7-4-10-11-5-7/h4-6,13H,3H2,1-2H3,(H,10,11). The monoisotopic (exact) mass is 255 g/mol. The molecule has 2 aromatic heterocycles. The lowest BCUT2D eigenvalue weighted by molar-refractivity contribution is 0.601. The van der Waals surface area contributed by atoms with E-state index in [2.05, 4.69) is 20.0 Å². The molecule has 0 fully saturated rings. The van der Waals surface area contributed by atoms with E-state index in [1.807, 2.05) is 6.92 Å². The first-order valence-corrected chi connectivity index (χ1v) is 6.55. The van der Waals surface area contributed by atoms with Crippen LogP contribution in [-0.4, -0.2) is 28.4 Å². The maximum Gasteiger partial charge on any atom is 0.265 e. The molecule has 92 valence electrons. The summed E-state index contributed by atoms with van der Waals surface area (Å²) in [6, 6.07) is 0. The molecule has 17 heavy (non-hydrogen) atoms. The molecule has 0 unspecified atom stereocenters. The smallest absolute Gasteiger partial charge is 0.265 e. The highest BCUT2D eigenvalue weighted by Gasteiger charge is 2.18. The molecule has 0 spiro atoms. The Hall–Kier alpha value is -1.83. The summed E-state index contributed by atoms with van der Waals surface area (Å²) in [6.07, 6.45) is 4.87. The van der Waals surface area contributed by atoms with E-state index in [1.165, 1.54) is 12.4 Å². The van der Waals surface area contributed by atoms with Crippen molar-refractivity contribution >= 4 is 15.7 Å². The van der Waals surface area contributed by atoms with Crippen LogP contribution in [0.5, 0.6) is 0 Å². The van der Waals surface area contributed by atoms with Gasteiger partial charge < -0.3 is 0 Å². The average molecular weight is 255 g/mol. The minimum atomic E-state index is -3.59. The summed E-state index contributed by atoms with van der Waals surface area (Å²) in [6.45, 7) is 1.91. The van der Waals surface area contributed by atoms with Crippen molar-refractivity contribution in [1.82, 2.24) is 20.0 Å². The van der Waals surface area contributed by atoms with Crippen molar-refractivity contribution < 1.29 is 8.42 Å². The summed E-state index contributed by atoms with van der Waals surface area (Å²) in [4.78, 5) is 0.100. The highest BCUT2D eigenvalue weighted by molar-refractivity contribution is 7.92. The van der Waals surface area contributed by atoms with Gasteiger partial charge in [0.1, 0.15) is 4.90 Å². The molecule has 0 saturated heterocycles. The first-order chi connectivity index (χ1) is 8.03. The van der Waals surface area contributed by atoms with E-state index in [0.29, 0.717) is 17.8 Å². The lowest BCUT2D eigenvalue weighted by Gasteiger charge is -2.04. The molecule has 0 aromatic carbocycles. The van der Waals surface area contributed by atoms with E-state index in [1.54, 1.807) is 17.9 Å². The molecule has 2 rings (SSSR count). The van der Waals surface area contributed by atoms with Crippen LogP contribution < -0.4 is 4.72 Å². The summed E-state index contributed by atoms with van der Waals surface area (Å²) in [5.41, 5.74) is 1.20. The Morgan fingerprint density at radius 2 is 2.29 bits per heavy atom. The third-order valence-corrected chi connectivity index (χ3v) is 3.60. The first kappa shape index (κ1) is 11.6. The van der Waals surface area contributed by atoms with E-state index in [-0.39, 0.29) is 4.90 Å². The van der Waals surface area contributed by atoms with Gasteiger partial charge in [0.15, 0.2) is 0 Å². The molecule has 0 aliphatic carbocycles. The summed E-state index contributed by atoms with van der Waals surface area (Å²) < 4.78 is 27.9. The number of nitrogens with one attached hydrogen (secondary N) is 2. The number of nitrogens with zero attached hydrogens (tertiary/aromatic N) is 3. The van der Waals surface area contributed by atoms with Gasteiger partial charge in [0.2, 0.25) is 0 Å². The van der Waals surface area contributed by atoms with E-state index >= 15 is 0 Å². The molecule has 0 atom stereocenters. The van der Waals surface area contributed by atoms with E-state index in [9.17, 15) is 8.42 Å². The average Bonchev–Trinajstić information content (AvgIpc) is 2.86. The molecule has 2 heterocycles. The van der Waals surface area contributed by atoms with Gasteiger partial charge in [-0.25, -0.2) is 8.42 Å². The number of hydrogen-bond donors (Lipinski definition) is 2. The molecule has 0 bridgehead atoms. The number of hydrogen-bond acceptors (Lipinski definition) is 4. The number of rotatable bonds is 4. The van der Waals surface area contributed by atoms with Crippen LogP contribution in [-0.2, 0) is 23.5 Å². The van der Waals surface area contributed by atoms with Crippen molar-refractivity contribution in [3.8, 4) is 0 Å². The van der Waals surface area contributed by atoms with Gasteiger partial charge in [-0.1, -0.05) is 6.92 Å². The van der Waals surface area contributed by atoms with Gasteiger partial charge in [0.25, 0.3) is 10.0 Å². The van der Waals surface area contributed by atoms with E-state index in [4.69, 9.17) is 0 Å². The number of sulfonamides is 1. The Labute approximate surface area is 98.9 Å². The number of anilines is 1. The number of aromatic nitrogens is 4. The van der Waals surface area contributed by atoms with Gasteiger partial charge >= 0.3 is 0 Å². The maximum atomic E-state index is 11.9. The van der Waals surface area contributed by atoms with Crippen molar-refractivity contribution in [2.45, 2.75) is 18.2 Å². The van der Waals surface area contributed by atoms with Crippen LogP contribution in [0.4, 0.5) is 5.69 Å². The number of H-pyrrole nitrogens is 1. The van der Waals surface area contributed by atoms with Crippen LogP contribution in [0.2, 0.25) is 0 Å². The second-order valence-corrected chi connectivity index (χ2v) is 5.24. The van der Waals surface area contributed by atoms with Crippen molar-refractivity contribution in [2.75, 3.05) is 4.72 Å². The summed E-state index contributed by atoms with van der Waals surface area (Å²) in [5, 5.41) is 10.2. The molecule has 2 aromatic rings. The minimum absolute atomic E-state index is 0.100. The molecule has 7 nitrogen and oxygen atoms in total. The van der Waals surface area contributed by atoms with Gasteiger partial charge in [-0.05, 0) is 6.42 Å². The van der Waals surface area contributed by atoms with Crippen molar-refractivity contribution in [3.63, 3.8) is 0 Å². The Morgan fingerprint density at radius 3 is 2.88 bits per heavy atom. The topological polar surface area (TPSA) is 92.7 Å². The first-order valence-electron chi connectivity index (χ1n) is 5.07. The second-order valence-electron chi connectivity index (χ2n) is 3.56. The van der Waals surface area contributed by atoms with E-state index < -0.39 is 10.0 Å². The van der Waals surface area contributed by atoms with Crippen molar-refractivity contribution in [3.05, 3.63) is 24.3 Å². The van der Waals surface area contributed by atoms with Crippen LogP contribution in [0.25, 0.3) is 0 Å². The van der Waals surface area contributed by atoms with Gasteiger partial charge in [-0.15, -0.1) is 0 Å². The lowest BCUT2D eigenvalue weighted by atomic mass is 10.3. The molecule has 8 heteroatoms. The molecular formula is C9H13N5O2S. The molecule has 0 saturated carbocycles. The normalized spacial score (nSPS) is 11.6. The van der Waals surface area contributed by atoms with Crippen LogP contribution in [0.15, 0.2) is 23.5 Å². The SMILES string of the molecule is CCc1nn(C)cc1NS(=O)(=O)c1cn[nH]c1. The molecule has 0 aliphatic heterocycles. The Bertz CT molecular complexity index is 599. The fourth-order valence-corrected chi connectivity index (χ4v) is 2.45. The summed E-state index contributed by atoms with van der Waals surface area (Å²) in [7, 11) is -1.84. The number of aryl methyl sites for hydroxylation is 2. The fourth-order valence-electron chi connectivity index (χ4n) is 1.47. The zero-order valence-corrected chi connectivity index (χ0v) is 10.3. The third-order valence-electron chi connectivity index (χ3n) is 2.27. The zero-order chi connectivity index (χ0) is 12.5. The van der Waals surface area contributed by atoms with Gasteiger partial charge in [0, 0.05) is 19.4 Å². The minimum Gasteiger partial charge on any atom is -0.284 e. The zero-order valence-electron chi connectivity index (χ0n) is 9.51. The van der Waals surface area contributed by atoms with Gasteiger partial charge in [-0.2, -0.15) is 10.2 Å². The van der Waals surface area contributed by atoms with Crippen LogP contribution in [0.3, 0.4) is 0 Å².